The smallest absolute Gasteiger partial charge is 0.123 e. The van der Waals surface area contributed by atoms with Gasteiger partial charge in [-0.1, -0.05) is 19.3 Å². The van der Waals surface area contributed by atoms with Gasteiger partial charge >= 0.3 is 0 Å². The van der Waals surface area contributed by atoms with Crippen molar-refractivity contribution in [3.63, 3.8) is 0 Å². The van der Waals surface area contributed by atoms with Crippen LogP contribution in [0.2, 0.25) is 0 Å². The van der Waals surface area contributed by atoms with E-state index >= 15 is 0 Å². The molecule has 0 bridgehead atoms. The number of hydrogen-bond acceptors (Lipinski definition) is 1. The zero-order valence-corrected chi connectivity index (χ0v) is 9.90. The van der Waals surface area contributed by atoms with Gasteiger partial charge in [-0.25, -0.2) is 0 Å². The highest BCUT2D eigenvalue weighted by Gasteiger charge is 2.13. The first-order valence-electron chi connectivity index (χ1n) is 5.03. The van der Waals surface area contributed by atoms with E-state index in [4.69, 9.17) is 0 Å². The Morgan fingerprint density at radius 2 is 2.15 bits per heavy atom. The third-order valence-electron chi connectivity index (χ3n) is 2.78. The zero-order chi connectivity index (χ0) is 9.10. The van der Waals surface area contributed by atoms with Crippen LogP contribution in [0.1, 0.15) is 32.1 Å². The molecule has 1 saturated carbocycles. The molecular formula is C10H15IN2. The quantitative estimate of drug-likeness (QED) is 0.765. The number of aromatic nitrogens is 2. The normalized spacial score (nSPS) is 19.2. The third-order valence-corrected chi connectivity index (χ3v) is 3.35. The van der Waals surface area contributed by atoms with E-state index in [1.165, 1.54) is 32.1 Å². The molecule has 1 aromatic rings. The maximum atomic E-state index is 4.41. The zero-order valence-electron chi connectivity index (χ0n) is 7.75. The molecule has 3 heteroatoms. The molecule has 2 nitrogen and oxygen atoms in total. The van der Waals surface area contributed by atoms with E-state index in [0.717, 1.165) is 16.2 Å². The monoisotopic (exact) mass is 290 g/mol. The summed E-state index contributed by atoms with van der Waals surface area (Å²) in [6.45, 7) is 1.13. The molecule has 1 heterocycles. The van der Waals surface area contributed by atoms with Crippen LogP contribution >= 0.6 is 22.6 Å². The van der Waals surface area contributed by atoms with Gasteiger partial charge in [0.15, 0.2) is 0 Å². The van der Waals surface area contributed by atoms with Crippen LogP contribution in [0.3, 0.4) is 0 Å². The summed E-state index contributed by atoms with van der Waals surface area (Å²) in [4.78, 5) is 0. The Morgan fingerprint density at radius 1 is 1.38 bits per heavy atom. The molecule has 1 aromatic heterocycles. The molecule has 2 rings (SSSR count). The van der Waals surface area contributed by atoms with Crippen LogP contribution in [0.25, 0.3) is 0 Å². The van der Waals surface area contributed by atoms with Crippen LogP contribution in [0.5, 0.6) is 0 Å². The van der Waals surface area contributed by atoms with Crippen LogP contribution in [0, 0.1) is 9.62 Å². The van der Waals surface area contributed by atoms with Crippen LogP contribution in [-0.2, 0) is 6.54 Å². The standard InChI is InChI=1S/C10H15IN2/c11-10-6-7-13(12-10)8-9-4-2-1-3-5-9/h6-7,9H,1-5,8H2. The van der Waals surface area contributed by atoms with Gasteiger partial charge in [-0.05, 0) is 47.4 Å². The van der Waals surface area contributed by atoms with Gasteiger partial charge in [-0.3, -0.25) is 4.68 Å². The highest BCUT2D eigenvalue weighted by Crippen LogP contribution is 2.24. The van der Waals surface area contributed by atoms with Crippen LogP contribution in [0.15, 0.2) is 12.3 Å². The lowest BCUT2D eigenvalue weighted by atomic mass is 9.89. The van der Waals surface area contributed by atoms with E-state index in [0.29, 0.717) is 0 Å². The van der Waals surface area contributed by atoms with Crippen LogP contribution in [0.4, 0.5) is 0 Å². The van der Waals surface area contributed by atoms with Crippen molar-refractivity contribution in [2.24, 2.45) is 5.92 Å². The summed E-state index contributed by atoms with van der Waals surface area (Å²) in [6.07, 6.45) is 9.17. The first-order valence-corrected chi connectivity index (χ1v) is 6.11. The fourth-order valence-electron chi connectivity index (χ4n) is 2.07. The fraction of sp³-hybridized carbons (Fsp3) is 0.700. The van der Waals surface area contributed by atoms with Gasteiger partial charge in [-0.2, -0.15) is 5.10 Å². The summed E-state index contributed by atoms with van der Waals surface area (Å²) in [7, 11) is 0. The van der Waals surface area contributed by atoms with Gasteiger partial charge in [-0.15, -0.1) is 0 Å². The summed E-state index contributed by atoms with van der Waals surface area (Å²) in [5.74, 6) is 0.879. The molecule has 0 saturated heterocycles. The summed E-state index contributed by atoms with van der Waals surface area (Å²) in [5, 5.41) is 4.41. The van der Waals surface area contributed by atoms with Crippen molar-refractivity contribution < 1.29 is 0 Å². The molecule has 0 amide bonds. The van der Waals surface area contributed by atoms with Crippen molar-refractivity contribution in [3.8, 4) is 0 Å². The minimum absolute atomic E-state index is 0.879. The minimum atomic E-state index is 0.879. The Balaban J connectivity index is 1.89. The number of nitrogens with zero attached hydrogens (tertiary/aromatic N) is 2. The lowest BCUT2D eigenvalue weighted by Crippen LogP contribution is -2.14. The summed E-state index contributed by atoms with van der Waals surface area (Å²) in [6, 6.07) is 2.07. The van der Waals surface area contributed by atoms with Crippen molar-refractivity contribution in [2.45, 2.75) is 38.6 Å². The van der Waals surface area contributed by atoms with Gasteiger partial charge in [0.25, 0.3) is 0 Å². The van der Waals surface area contributed by atoms with Gasteiger partial charge in [0.2, 0.25) is 0 Å². The molecule has 13 heavy (non-hydrogen) atoms. The molecule has 0 radical (unpaired) electrons. The molecule has 0 atom stereocenters. The minimum Gasteiger partial charge on any atom is -0.271 e. The number of rotatable bonds is 2. The molecular weight excluding hydrogens is 275 g/mol. The Labute approximate surface area is 92.8 Å². The van der Waals surface area contributed by atoms with E-state index in [9.17, 15) is 0 Å². The van der Waals surface area contributed by atoms with Gasteiger partial charge in [0.1, 0.15) is 3.70 Å². The van der Waals surface area contributed by atoms with Crippen molar-refractivity contribution in [3.05, 3.63) is 16.0 Å². The second-order valence-corrected chi connectivity index (χ2v) is 4.97. The highest BCUT2D eigenvalue weighted by atomic mass is 127. The molecule has 1 aliphatic rings. The fourth-order valence-corrected chi connectivity index (χ4v) is 2.51. The molecule has 0 N–H and O–H groups in total. The molecule has 1 aliphatic carbocycles. The largest absolute Gasteiger partial charge is 0.271 e. The first kappa shape index (κ1) is 9.49. The van der Waals surface area contributed by atoms with Crippen molar-refractivity contribution >= 4 is 22.6 Å². The molecule has 0 aliphatic heterocycles. The van der Waals surface area contributed by atoms with E-state index in [1.54, 1.807) is 0 Å². The molecule has 0 spiro atoms. The van der Waals surface area contributed by atoms with E-state index < -0.39 is 0 Å². The van der Waals surface area contributed by atoms with E-state index in [2.05, 4.69) is 44.6 Å². The maximum Gasteiger partial charge on any atom is 0.123 e. The third kappa shape index (κ3) is 2.69. The average molecular weight is 290 g/mol. The van der Waals surface area contributed by atoms with Gasteiger partial charge in [0.05, 0.1) is 0 Å². The lowest BCUT2D eigenvalue weighted by molar-refractivity contribution is 0.308. The van der Waals surface area contributed by atoms with Crippen molar-refractivity contribution in [2.75, 3.05) is 0 Å². The number of halogens is 1. The Bertz CT molecular complexity index is 264. The Hall–Kier alpha value is -0.0600. The predicted octanol–water partition coefficient (Wildman–Crippen LogP) is 3.07. The molecule has 0 aromatic carbocycles. The molecule has 1 fully saturated rings. The second-order valence-electron chi connectivity index (χ2n) is 3.86. The van der Waals surface area contributed by atoms with Gasteiger partial charge in [0, 0.05) is 12.7 Å². The molecule has 72 valence electrons. The first-order chi connectivity index (χ1) is 6.34. The van der Waals surface area contributed by atoms with Crippen molar-refractivity contribution in [1.82, 2.24) is 9.78 Å². The van der Waals surface area contributed by atoms with E-state index in [-0.39, 0.29) is 0 Å². The van der Waals surface area contributed by atoms with Gasteiger partial charge < -0.3 is 0 Å². The van der Waals surface area contributed by atoms with Crippen molar-refractivity contribution in [1.29, 1.82) is 0 Å². The van der Waals surface area contributed by atoms with E-state index in [1.807, 2.05) is 0 Å². The summed E-state index contributed by atoms with van der Waals surface area (Å²) in [5.41, 5.74) is 0. The second kappa shape index (κ2) is 4.44. The predicted molar refractivity (Wildman–Crippen MR) is 61.5 cm³/mol. The SMILES string of the molecule is Ic1ccn(CC2CCCCC2)n1. The Morgan fingerprint density at radius 3 is 2.77 bits per heavy atom. The average Bonchev–Trinajstić information content (AvgIpc) is 2.53. The highest BCUT2D eigenvalue weighted by molar-refractivity contribution is 14.1. The van der Waals surface area contributed by atoms with Crippen LogP contribution in [-0.4, -0.2) is 9.78 Å². The van der Waals surface area contributed by atoms with Crippen LogP contribution < -0.4 is 0 Å². The lowest BCUT2D eigenvalue weighted by Gasteiger charge is -2.21. The Kier molecular flexibility index (Phi) is 3.24. The topological polar surface area (TPSA) is 17.8 Å². The summed E-state index contributed by atoms with van der Waals surface area (Å²) >= 11 is 2.26. The maximum absolute atomic E-state index is 4.41. The summed E-state index contributed by atoms with van der Waals surface area (Å²) < 4.78 is 3.20. The molecule has 0 unspecified atom stereocenters. The number of hydrogen-bond donors (Lipinski definition) is 0.